The summed E-state index contributed by atoms with van der Waals surface area (Å²) in [6, 6.07) is 20.6. The summed E-state index contributed by atoms with van der Waals surface area (Å²) in [4.78, 5) is 23.3. The highest BCUT2D eigenvalue weighted by molar-refractivity contribution is 6.04. The van der Waals surface area contributed by atoms with Crippen LogP contribution in [0.2, 0.25) is 0 Å². The number of benzene rings is 2. The first-order chi connectivity index (χ1) is 13.1. The van der Waals surface area contributed by atoms with Gasteiger partial charge in [-0.3, -0.25) is 4.79 Å². The number of rotatable bonds is 5. The lowest BCUT2D eigenvalue weighted by atomic mass is 10.2. The zero-order valence-electron chi connectivity index (χ0n) is 15.2. The van der Waals surface area contributed by atoms with Crippen molar-refractivity contribution < 1.29 is 4.79 Å². The summed E-state index contributed by atoms with van der Waals surface area (Å²) in [5, 5.41) is 11.9. The zero-order chi connectivity index (χ0) is 19.2. The third-order valence-electron chi connectivity index (χ3n) is 4.01. The van der Waals surface area contributed by atoms with Gasteiger partial charge in [-0.2, -0.15) is 5.26 Å². The normalized spacial score (nSPS) is 10.1. The average molecular weight is 357 g/mol. The van der Waals surface area contributed by atoms with Crippen molar-refractivity contribution in [2.45, 2.75) is 13.5 Å². The fourth-order valence-corrected chi connectivity index (χ4v) is 2.68. The Kier molecular flexibility index (Phi) is 5.43. The van der Waals surface area contributed by atoms with E-state index in [0.29, 0.717) is 29.4 Å². The van der Waals surface area contributed by atoms with Gasteiger partial charge in [-0.1, -0.05) is 42.5 Å². The van der Waals surface area contributed by atoms with Gasteiger partial charge in [-0.25, -0.2) is 9.97 Å². The van der Waals surface area contributed by atoms with Crippen LogP contribution in [0, 0.1) is 18.3 Å². The van der Waals surface area contributed by atoms with Gasteiger partial charge in [0.1, 0.15) is 23.4 Å². The topological polar surface area (TPSA) is 81.9 Å². The quantitative estimate of drug-likeness (QED) is 0.755. The molecule has 27 heavy (non-hydrogen) atoms. The lowest BCUT2D eigenvalue weighted by Crippen LogP contribution is -2.21. The number of nitrogens with one attached hydrogen (secondary N) is 1. The zero-order valence-corrected chi connectivity index (χ0v) is 15.2. The Balaban J connectivity index is 1.82. The minimum Gasteiger partial charge on any atom is -0.355 e. The van der Waals surface area contributed by atoms with E-state index in [-0.39, 0.29) is 11.6 Å². The number of aromatic nitrogens is 2. The minimum atomic E-state index is -0.377. The molecule has 0 saturated carbocycles. The van der Waals surface area contributed by atoms with Crippen LogP contribution in [0.5, 0.6) is 0 Å². The van der Waals surface area contributed by atoms with Gasteiger partial charge in [0.25, 0.3) is 5.91 Å². The van der Waals surface area contributed by atoms with Crippen molar-refractivity contribution in [1.29, 1.82) is 5.26 Å². The van der Waals surface area contributed by atoms with Gasteiger partial charge < -0.3 is 10.2 Å². The van der Waals surface area contributed by atoms with E-state index >= 15 is 0 Å². The Morgan fingerprint density at radius 2 is 1.81 bits per heavy atom. The Bertz CT molecular complexity index is 995. The fourth-order valence-electron chi connectivity index (χ4n) is 2.68. The summed E-state index contributed by atoms with van der Waals surface area (Å²) in [5.74, 6) is 0.786. The number of para-hydroxylation sites is 1. The Labute approximate surface area is 158 Å². The maximum Gasteiger partial charge on any atom is 0.274 e. The number of amides is 1. The number of carbonyl (C=O) groups is 1. The summed E-state index contributed by atoms with van der Waals surface area (Å²) in [6.45, 7) is 2.41. The molecule has 0 spiro atoms. The summed E-state index contributed by atoms with van der Waals surface area (Å²) in [6.07, 6.45) is 0. The first-order valence-corrected chi connectivity index (χ1v) is 8.48. The summed E-state index contributed by atoms with van der Waals surface area (Å²) in [5.41, 5.74) is 2.26. The van der Waals surface area contributed by atoms with Crippen molar-refractivity contribution in [3.8, 4) is 6.07 Å². The maximum absolute atomic E-state index is 12.6. The van der Waals surface area contributed by atoms with E-state index in [2.05, 4.69) is 21.4 Å². The van der Waals surface area contributed by atoms with Crippen molar-refractivity contribution in [3.63, 3.8) is 0 Å². The molecule has 0 aliphatic rings. The molecule has 0 unspecified atom stereocenters. The molecule has 0 aliphatic carbocycles. The molecule has 6 nitrogen and oxygen atoms in total. The number of nitriles is 1. The molecular formula is C21H19N5O. The van der Waals surface area contributed by atoms with Crippen LogP contribution in [0.25, 0.3) is 0 Å². The number of aryl methyl sites for hydroxylation is 1. The highest BCUT2D eigenvalue weighted by Gasteiger charge is 2.14. The second kappa shape index (κ2) is 8.11. The van der Waals surface area contributed by atoms with Crippen molar-refractivity contribution in [2.75, 3.05) is 17.3 Å². The third kappa shape index (κ3) is 4.47. The van der Waals surface area contributed by atoms with E-state index in [1.807, 2.05) is 42.3 Å². The third-order valence-corrected chi connectivity index (χ3v) is 4.01. The summed E-state index contributed by atoms with van der Waals surface area (Å²) in [7, 11) is 1.92. The van der Waals surface area contributed by atoms with Crippen molar-refractivity contribution >= 4 is 17.4 Å². The van der Waals surface area contributed by atoms with Crippen LogP contribution in [-0.4, -0.2) is 22.9 Å². The number of hydrogen-bond donors (Lipinski definition) is 1. The number of carbonyl (C=O) groups excluding carboxylic acids is 1. The van der Waals surface area contributed by atoms with E-state index in [0.717, 1.165) is 5.56 Å². The molecule has 3 aromatic rings. The molecular weight excluding hydrogens is 338 g/mol. The molecule has 134 valence electrons. The molecule has 0 radical (unpaired) electrons. The second-order valence-electron chi connectivity index (χ2n) is 6.11. The Morgan fingerprint density at radius 1 is 1.11 bits per heavy atom. The minimum absolute atomic E-state index is 0.255. The monoisotopic (exact) mass is 357 g/mol. The van der Waals surface area contributed by atoms with E-state index in [9.17, 15) is 4.79 Å². The van der Waals surface area contributed by atoms with E-state index in [4.69, 9.17) is 5.26 Å². The Morgan fingerprint density at radius 3 is 2.56 bits per heavy atom. The van der Waals surface area contributed by atoms with Crippen LogP contribution < -0.4 is 10.2 Å². The second-order valence-corrected chi connectivity index (χ2v) is 6.11. The molecule has 0 atom stereocenters. The predicted octanol–water partition coefficient (Wildman–Crippen LogP) is 3.55. The molecule has 6 heteroatoms. The lowest BCUT2D eigenvalue weighted by Gasteiger charge is -2.19. The number of hydrogen-bond acceptors (Lipinski definition) is 5. The molecule has 3 rings (SSSR count). The van der Waals surface area contributed by atoms with Crippen LogP contribution in [0.1, 0.15) is 27.4 Å². The SMILES string of the molecule is Cc1nc(C(=O)Nc2ccccc2C#N)cc(N(C)Cc2ccccc2)n1. The van der Waals surface area contributed by atoms with Crippen LogP contribution in [0.15, 0.2) is 60.7 Å². The summed E-state index contributed by atoms with van der Waals surface area (Å²) >= 11 is 0. The lowest BCUT2D eigenvalue weighted by molar-refractivity contribution is 0.102. The highest BCUT2D eigenvalue weighted by atomic mass is 16.1. The molecule has 1 amide bonds. The standard InChI is InChI=1S/C21H19N5O/c1-15-23-19(21(27)25-18-11-7-6-10-17(18)13-22)12-20(24-15)26(2)14-16-8-4-3-5-9-16/h3-12H,14H2,1-2H3,(H,25,27). The van der Waals surface area contributed by atoms with Crippen molar-refractivity contribution in [1.82, 2.24) is 9.97 Å². The molecule has 1 N–H and O–H groups in total. The fraction of sp³-hybridized carbons (Fsp3) is 0.143. The van der Waals surface area contributed by atoms with Gasteiger partial charge in [-0.05, 0) is 24.6 Å². The molecule has 2 aromatic carbocycles. The highest BCUT2D eigenvalue weighted by Crippen LogP contribution is 2.17. The Hall–Kier alpha value is -3.72. The largest absolute Gasteiger partial charge is 0.355 e. The van der Waals surface area contributed by atoms with Gasteiger partial charge in [0.2, 0.25) is 0 Å². The average Bonchev–Trinajstić information content (AvgIpc) is 2.68. The predicted molar refractivity (Wildman–Crippen MR) is 104 cm³/mol. The van der Waals surface area contributed by atoms with Crippen LogP contribution in [-0.2, 0) is 6.54 Å². The van der Waals surface area contributed by atoms with Gasteiger partial charge in [0.15, 0.2) is 0 Å². The van der Waals surface area contributed by atoms with Crippen LogP contribution in [0.3, 0.4) is 0 Å². The van der Waals surface area contributed by atoms with E-state index in [1.165, 1.54) is 0 Å². The first kappa shape index (κ1) is 18.1. The smallest absolute Gasteiger partial charge is 0.274 e. The van der Waals surface area contributed by atoms with E-state index < -0.39 is 0 Å². The number of anilines is 2. The molecule has 0 bridgehead atoms. The van der Waals surface area contributed by atoms with Crippen LogP contribution in [0.4, 0.5) is 11.5 Å². The van der Waals surface area contributed by atoms with E-state index in [1.54, 1.807) is 37.3 Å². The van der Waals surface area contributed by atoms with Gasteiger partial charge in [0.05, 0.1) is 11.3 Å². The molecule has 0 saturated heterocycles. The molecule has 1 heterocycles. The maximum atomic E-state index is 12.6. The van der Waals surface area contributed by atoms with Crippen molar-refractivity contribution in [3.05, 3.63) is 83.3 Å². The van der Waals surface area contributed by atoms with Crippen molar-refractivity contribution in [2.24, 2.45) is 0 Å². The van der Waals surface area contributed by atoms with Crippen LogP contribution >= 0.6 is 0 Å². The molecule has 0 fully saturated rings. The number of nitrogens with zero attached hydrogens (tertiary/aromatic N) is 4. The molecule has 0 aliphatic heterocycles. The van der Waals surface area contributed by atoms with Gasteiger partial charge in [-0.15, -0.1) is 0 Å². The molecule has 1 aromatic heterocycles. The van der Waals surface area contributed by atoms with Gasteiger partial charge >= 0.3 is 0 Å². The summed E-state index contributed by atoms with van der Waals surface area (Å²) < 4.78 is 0. The van der Waals surface area contributed by atoms with Gasteiger partial charge in [0, 0.05) is 19.7 Å². The first-order valence-electron chi connectivity index (χ1n) is 8.48.